The third kappa shape index (κ3) is 4.69. The number of hydrogen-bond acceptors (Lipinski definition) is 5. The lowest BCUT2D eigenvalue weighted by Gasteiger charge is -2.27. The third-order valence-corrected chi connectivity index (χ3v) is 5.36. The molecule has 164 valence electrons. The van der Waals surface area contributed by atoms with Gasteiger partial charge in [-0.2, -0.15) is 0 Å². The molecule has 8 nitrogen and oxygen atoms in total. The van der Waals surface area contributed by atoms with Gasteiger partial charge in [0.05, 0.1) is 6.10 Å². The van der Waals surface area contributed by atoms with Gasteiger partial charge >= 0.3 is 12.1 Å². The number of alkyl carbamates (subject to hydrolysis) is 1. The number of nitrogens with one attached hydrogen (secondary N) is 2. The maximum absolute atomic E-state index is 12.5. The number of carboxylic acid groups (broad SMARTS) is 1. The fourth-order valence-corrected chi connectivity index (χ4v) is 3.66. The summed E-state index contributed by atoms with van der Waals surface area (Å²) in [5.41, 5.74) is 2.88. The second kappa shape index (κ2) is 8.77. The number of rotatable bonds is 7. The van der Waals surface area contributed by atoms with Crippen molar-refractivity contribution in [2.45, 2.75) is 44.4 Å². The largest absolute Gasteiger partial charge is 0.480 e. The Bertz CT molecular complexity index is 956. The fraction of sp³-hybridized carbons (Fsp3) is 0.348. The van der Waals surface area contributed by atoms with Crippen LogP contribution in [-0.2, 0) is 14.3 Å². The van der Waals surface area contributed by atoms with Gasteiger partial charge in [-0.15, -0.1) is 0 Å². The lowest BCUT2D eigenvalue weighted by Crippen LogP contribution is -2.59. The zero-order valence-electron chi connectivity index (χ0n) is 17.6. The number of aliphatic hydroxyl groups excluding tert-OH is 1. The van der Waals surface area contributed by atoms with Gasteiger partial charge in [0.2, 0.25) is 5.91 Å². The molecule has 0 radical (unpaired) electrons. The molecular weight excluding hydrogens is 400 g/mol. The molecule has 2 amide bonds. The summed E-state index contributed by atoms with van der Waals surface area (Å²) in [7, 11) is 0. The molecule has 2 aromatic rings. The highest BCUT2D eigenvalue weighted by Gasteiger charge is 2.35. The predicted octanol–water partition coefficient (Wildman–Crippen LogP) is 2.25. The lowest BCUT2D eigenvalue weighted by atomic mass is 9.98. The Balaban J connectivity index is 1.65. The Morgan fingerprint density at radius 3 is 2.03 bits per heavy atom. The summed E-state index contributed by atoms with van der Waals surface area (Å²) in [6.07, 6.45) is -2.10. The summed E-state index contributed by atoms with van der Waals surface area (Å²) in [4.78, 5) is 36.1. The van der Waals surface area contributed by atoms with Crippen LogP contribution in [0, 0.1) is 0 Å². The number of hydrogen-bond donors (Lipinski definition) is 4. The van der Waals surface area contributed by atoms with E-state index in [1.165, 1.54) is 20.8 Å². The molecule has 8 heteroatoms. The highest BCUT2D eigenvalue weighted by Crippen LogP contribution is 2.44. The molecule has 0 heterocycles. The summed E-state index contributed by atoms with van der Waals surface area (Å²) in [6.45, 7) is 4.18. The van der Waals surface area contributed by atoms with Crippen LogP contribution in [0.5, 0.6) is 0 Å². The maximum Gasteiger partial charge on any atom is 0.408 e. The van der Waals surface area contributed by atoms with Gasteiger partial charge in [-0.05, 0) is 43.0 Å². The van der Waals surface area contributed by atoms with Crippen molar-refractivity contribution in [1.82, 2.24) is 10.6 Å². The first kappa shape index (κ1) is 22.3. The number of carbonyl (C=O) groups excluding carboxylic acids is 2. The van der Waals surface area contributed by atoms with Crippen molar-refractivity contribution in [3.63, 3.8) is 0 Å². The molecule has 31 heavy (non-hydrogen) atoms. The number of ether oxygens (including phenoxy) is 1. The van der Waals surface area contributed by atoms with E-state index in [2.05, 4.69) is 10.6 Å². The first-order valence-electron chi connectivity index (χ1n) is 9.97. The van der Waals surface area contributed by atoms with E-state index < -0.39 is 35.7 Å². The quantitative estimate of drug-likeness (QED) is 0.538. The van der Waals surface area contributed by atoms with Gasteiger partial charge in [-0.25, -0.2) is 9.59 Å². The SMILES string of the molecule is C[C@@H](O)[C@H](NC(=O)C(C)(C)NC(=O)OCC1c2ccccc2-c2ccccc21)C(=O)O. The monoisotopic (exact) mass is 426 g/mol. The second-order valence-electron chi connectivity index (χ2n) is 8.11. The maximum atomic E-state index is 12.5. The van der Waals surface area contributed by atoms with Gasteiger partial charge in [0.15, 0.2) is 6.04 Å². The minimum atomic E-state index is -1.49. The molecule has 0 fully saturated rings. The Kier molecular flexibility index (Phi) is 6.31. The zero-order chi connectivity index (χ0) is 22.8. The van der Waals surface area contributed by atoms with Crippen LogP contribution in [0.3, 0.4) is 0 Å². The van der Waals surface area contributed by atoms with Crippen LogP contribution in [-0.4, -0.2) is 52.5 Å². The first-order valence-corrected chi connectivity index (χ1v) is 9.97. The average molecular weight is 426 g/mol. The van der Waals surface area contributed by atoms with E-state index in [0.29, 0.717) is 0 Å². The number of amides is 2. The molecule has 0 aliphatic heterocycles. The Morgan fingerprint density at radius 1 is 1.03 bits per heavy atom. The molecule has 0 aromatic heterocycles. The molecule has 4 N–H and O–H groups in total. The van der Waals surface area contributed by atoms with Gasteiger partial charge in [0.25, 0.3) is 0 Å². The van der Waals surface area contributed by atoms with Crippen LogP contribution in [0.4, 0.5) is 4.79 Å². The van der Waals surface area contributed by atoms with Gasteiger partial charge in [0, 0.05) is 5.92 Å². The van der Waals surface area contributed by atoms with E-state index in [0.717, 1.165) is 22.3 Å². The van der Waals surface area contributed by atoms with Crippen molar-refractivity contribution in [3.8, 4) is 11.1 Å². The highest BCUT2D eigenvalue weighted by atomic mass is 16.5. The van der Waals surface area contributed by atoms with Crippen LogP contribution in [0.25, 0.3) is 11.1 Å². The van der Waals surface area contributed by atoms with Crippen LogP contribution in [0.15, 0.2) is 48.5 Å². The minimum Gasteiger partial charge on any atom is -0.480 e. The smallest absolute Gasteiger partial charge is 0.408 e. The summed E-state index contributed by atoms with van der Waals surface area (Å²) < 4.78 is 5.43. The van der Waals surface area contributed by atoms with E-state index in [4.69, 9.17) is 9.84 Å². The number of fused-ring (bicyclic) bond motifs is 3. The summed E-state index contributed by atoms with van der Waals surface area (Å²) >= 11 is 0. The second-order valence-corrected chi connectivity index (χ2v) is 8.11. The summed E-state index contributed by atoms with van der Waals surface area (Å²) in [5, 5.41) is 23.3. The van der Waals surface area contributed by atoms with Crippen molar-refractivity contribution in [2.24, 2.45) is 0 Å². The molecule has 1 aliphatic carbocycles. The van der Waals surface area contributed by atoms with Crippen molar-refractivity contribution >= 4 is 18.0 Å². The molecule has 0 unspecified atom stereocenters. The van der Waals surface area contributed by atoms with Gasteiger partial charge in [-0.1, -0.05) is 48.5 Å². The molecule has 2 aromatic carbocycles. The van der Waals surface area contributed by atoms with E-state index in [9.17, 15) is 19.5 Å². The van der Waals surface area contributed by atoms with Gasteiger partial charge < -0.3 is 25.6 Å². The molecule has 2 atom stereocenters. The number of carbonyl (C=O) groups is 3. The predicted molar refractivity (Wildman–Crippen MR) is 114 cm³/mol. The fourth-order valence-electron chi connectivity index (χ4n) is 3.66. The molecular formula is C23H26N2O6. The van der Waals surface area contributed by atoms with Crippen LogP contribution >= 0.6 is 0 Å². The first-order chi connectivity index (χ1) is 14.6. The number of aliphatic carboxylic acids is 1. The number of benzene rings is 2. The van der Waals surface area contributed by atoms with E-state index in [1.807, 2.05) is 48.5 Å². The normalized spacial score (nSPS) is 14.7. The van der Waals surface area contributed by atoms with Crippen LogP contribution in [0.1, 0.15) is 37.8 Å². The summed E-state index contributed by atoms with van der Waals surface area (Å²) in [5.74, 6) is -2.25. The van der Waals surface area contributed by atoms with Crippen molar-refractivity contribution in [3.05, 3.63) is 59.7 Å². The molecule has 0 saturated carbocycles. The Hall–Kier alpha value is -3.39. The third-order valence-electron chi connectivity index (χ3n) is 5.36. The standard InChI is InChI=1S/C23H26N2O6/c1-13(26)19(20(27)28)24-21(29)23(2,3)25-22(30)31-12-18-16-10-6-4-8-14(16)15-9-5-7-11-17(15)18/h4-11,13,18-19,26H,12H2,1-3H3,(H,24,29)(H,25,30)(H,27,28)/t13-,19+/m1/s1. The van der Waals surface area contributed by atoms with Crippen molar-refractivity contribution in [1.29, 1.82) is 0 Å². The van der Waals surface area contributed by atoms with Crippen LogP contribution in [0.2, 0.25) is 0 Å². The topological polar surface area (TPSA) is 125 Å². The van der Waals surface area contributed by atoms with E-state index in [-0.39, 0.29) is 12.5 Å². The van der Waals surface area contributed by atoms with Crippen LogP contribution < -0.4 is 10.6 Å². The Morgan fingerprint density at radius 2 is 1.55 bits per heavy atom. The Labute approximate surface area is 180 Å². The minimum absolute atomic E-state index is 0.0863. The molecule has 1 aliphatic rings. The zero-order valence-corrected chi connectivity index (χ0v) is 17.6. The highest BCUT2D eigenvalue weighted by molar-refractivity contribution is 5.92. The van der Waals surface area contributed by atoms with Gasteiger partial charge in [-0.3, -0.25) is 4.79 Å². The number of aliphatic hydroxyl groups is 1. The average Bonchev–Trinajstić information content (AvgIpc) is 3.03. The molecule has 0 bridgehead atoms. The molecule has 3 rings (SSSR count). The van der Waals surface area contributed by atoms with Crippen molar-refractivity contribution in [2.75, 3.05) is 6.61 Å². The molecule has 0 spiro atoms. The van der Waals surface area contributed by atoms with Gasteiger partial charge in [0.1, 0.15) is 12.1 Å². The number of carboxylic acids is 1. The van der Waals surface area contributed by atoms with E-state index in [1.54, 1.807) is 0 Å². The molecule has 0 saturated heterocycles. The lowest BCUT2D eigenvalue weighted by molar-refractivity contribution is -0.145. The van der Waals surface area contributed by atoms with Crippen molar-refractivity contribution < 1.29 is 29.3 Å². The van der Waals surface area contributed by atoms with E-state index >= 15 is 0 Å². The summed E-state index contributed by atoms with van der Waals surface area (Å²) in [6, 6.07) is 14.4.